The van der Waals surface area contributed by atoms with E-state index in [4.69, 9.17) is 0 Å². The Hall–Kier alpha value is -1.53. The summed E-state index contributed by atoms with van der Waals surface area (Å²) in [7, 11) is -3.37. The van der Waals surface area contributed by atoms with E-state index in [0.717, 1.165) is 6.26 Å². The minimum absolute atomic E-state index is 0.00837. The van der Waals surface area contributed by atoms with Gasteiger partial charge in [0.25, 0.3) is 0 Å². The third-order valence-electron chi connectivity index (χ3n) is 2.94. The summed E-state index contributed by atoms with van der Waals surface area (Å²) in [4.78, 5) is 12.3. The number of hydrogen-bond acceptors (Lipinski definition) is 3. The van der Waals surface area contributed by atoms with E-state index in [1.807, 2.05) is 0 Å². The molecule has 6 heteroatoms. The SMILES string of the molecule is CS(=O)(=O)c1cccc(C(=O)Cc2cc(F)ccc2Br)c1. The number of carbonyl (C=O) groups excluding carboxylic acids is 1. The van der Waals surface area contributed by atoms with Crippen LogP contribution in [0.15, 0.2) is 51.8 Å². The molecule has 0 aliphatic rings. The molecule has 2 aromatic carbocycles. The van der Waals surface area contributed by atoms with Crippen LogP contribution in [0.5, 0.6) is 0 Å². The van der Waals surface area contributed by atoms with Gasteiger partial charge in [-0.2, -0.15) is 0 Å². The topological polar surface area (TPSA) is 51.2 Å². The number of sulfone groups is 1. The summed E-state index contributed by atoms with van der Waals surface area (Å²) in [5.74, 6) is -0.697. The van der Waals surface area contributed by atoms with Gasteiger partial charge in [0, 0.05) is 22.7 Å². The van der Waals surface area contributed by atoms with Crippen LogP contribution >= 0.6 is 15.9 Å². The van der Waals surface area contributed by atoms with Crippen molar-refractivity contribution in [3.63, 3.8) is 0 Å². The predicted molar refractivity (Wildman–Crippen MR) is 81.7 cm³/mol. The largest absolute Gasteiger partial charge is 0.294 e. The van der Waals surface area contributed by atoms with Gasteiger partial charge in [0.2, 0.25) is 0 Å². The van der Waals surface area contributed by atoms with Crippen molar-refractivity contribution in [2.24, 2.45) is 0 Å². The van der Waals surface area contributed by atoms with E-state index in [9.17, 15) is 17.6 Å². The van der Waals surface area contributed by atoms with Gasteiger partial charge in [-0.3, -0.25) is 4.79 Å². The highest BCUT2D eigenvalue weighted by molar-refractivity contribution is 9.10. The summed E-state index contributed by atoms with van der Waals surface area (Å²) in [6.45, 7) is 0. The molecule has 0 unspecified atom stereocenters. The standard InChI is InChI=1S/C15H12BrFO3S/c1-21(19,20)13-4-2-3-10(8-13)15(18)9-11-7-12(17)5-6-14(11)16/h2-8H,9H2,1H3. The molecule has 2 aromatic rings. The Balaban J connectivity index is 2.31. The Bertz CT molecular complexity index is 800. The highest BCUT2D eigenvalue weighted by Crippen LogP contribution is 2.20. The van der Waals surface area contributed by atoms with Gasteiger partial charge >= 0.3 is 0 Å². The molecule has 0 N–H and O–H groups in total. The molecule has 0 fully saturated rings. The molecule has 21 heavy (non-hydrogen) atoms. The first-order chi connectivity index (χ1) is 9.77. The smallest absolute Gasteiger partial charge is 0.175 e. The van der Waals surface area contributed by atoms with Crippen LogP contribution in [0, 0.1) is 5.82 Å². The number of rotatable bonds is 4. The van der Waals surface area contributed by atoms with Gasteiger partial charge in [0.15, 0.2) is 15.6 Å². The first kappa shape index (κ1) is 15.9. The molecule has 0 saturated heterocycles. The first-order valence-electron chi connectivity index (χ1n) is 6.04. The summed E-state index contributed by atoms with van der Waals surface area (Å²) in [6.07, 6.45) is 1.07. The lowest BCUT2D eigenvalue weighted by molar-refractivity contribution is 0.0992. The van der Waals surface area contributed by atoms with Gasteiger partial charge in [-0.05, 0) is 35.9 Å². The zero-order chi connectivity index (χ0) is 15.6. The van der Waals surface area contributed by atoms with Crippen molar-refractivity contribution in [3.05, 3.63) is 63.9 Å². The lowest BCUT2D eigenvalue weighted by atomic mass is 10.0. The van der Waals surface area contributed by atoms with Gasteiger partial charge in [-0.1, -0.05) is 28.1 Å². The lowest BCUT2D eigenvalue weighted by Gasteiger charge is -2.06. The fourth-order valence-corrected chi connectivity index (χ4v) is 2.91. The molecule has 0 aromatic heterocycles. The molecule has 0 aliphatic carbocycles. The normalized spacial score (nSPS) is 11.4. The van der Waals surface area contributed by atoms with Crippen LogP contribution in [0.25, 0.3) is 0 Å². The van der Waals surface area contributed by atoms with Crippen LogP contribution in [-0.2, 0) is 16.3 Å². The molecule has 0 radical (unpaired) electrons. The number of carbonyl (C=O) groups is 1. The van der Waals surface area contributed by atoms with Crippen LogP contribution < -0.4 is 0 Å². The highest BCUT2D eigenvalue weighted by Gasteiger charge is 2.13. The highest BCUT2D eigenvalue weighted by atomic mass is 79.9. The molecule has 0 aliphatic heterocycles. The van der Waals surface area contributed by atoms with Crippen molar-refractivity contribution >= 4 is 31.6 Å². The third kappa shape index (κ3) is 3.98. The average Bonchev–Trinajstić information content (AvgIpc) is 2.42. The van der Waals surface area contributed by atoms with E-state index in [1.54, 1.807) is 6.07 Å². The molecule has 0 saturated carbocycles. The number of halogens is 2. The molecule has 3 nitrogen and oxygen atoms in total. The number of hydrogen-bond donors (Lipinski definition) is 0. The number of ketones is 1. The molecule has 0 atom stereocenters. The molecule has 110 valence electrons. The maximum Gasteiger partial charge on any atom is 0.175 e. The van der Waals surface area contributed by atoms with Gasteiger partial charge in [0.05, 0.1) is 4.90 Å². The Morgan fingerprint density at radius 1 is 1.19 bits per heavy atom. The lowest BCUT2D eigenvalue weighted by Crippen LogP contribution is -2.06. The minimum atomic E-state index is -3.37. The van der Waals surface area contributed by atoms with Crippen molar-refractivity contribution in [2.75, 3.05) is 6.26 Å². The summed E-state index contributed by atoms with van der Waals surface area (Å²) in [5.41, 5.74) is 0.804. The molecular formula is C15H12BrFO3S. The van der Waals surface area contributed by atoms with Crippen molar-refractivity contribution in [1.29, 1.82) is 0 Å². The Morgan fingerprint density at radius 2 is 1.90 bits per heavy atom. The molecule has 0 bridgehead atoms. The Kier molecular flexibility index (Phi) is 4.58. The predicted octanol–water partition coefficient (Wildman–Crippen LogP) is 3.42. The fourth-order valence-electron chi connectivity index (χ4n) is 1.85. The Labute approximate surface area is 130 Å². The summed E-state index contributed by atoms with van der Waals surface area (Å²) < 4.78 is 36.8. The van der Waals surface area contributed by atoms with E-state index in [-0.39, 0.29) is 22.7 Å². The number of Topliss-reactive ketones (excluding diaryl/α,β-unsaturated/α-hetero) is 1. The minimum Gasteiger partial charge on any atom is -0.294 e. The fraction of sp³-hybridized carbons (Fsp3) is 0.133. The molecule has 2 rings (SSSR count). The maximum atomic E-state index is 13.2. The van der Waals surface area contributed by atoms with Gasteiger partial charge in [0.1, 0.15) is 5.82 Å². The molecule has 0 spiro atoms. The monoisotopic (exact) mass is 370 g/mol. The molecule has 0 heterocycles. The second-order valence-electron chi connectivity index (χ2n) is 4.64. The van der Waals surface area contributed by atoms with E-state index in [0.29, 0.717) is 10.0 Å². The molecular weight excluding hydrogens is 359 g/mol. The Morgan fingerprint density at radius 3 is 2.57 bits per heavy atom. The summed E-state index contributed by atoms with van der Waals surface area (Å²) >= 11 is 3.26. The zero-order valence-corrected chi connectivity index (χ0v) is 13.5. The van der Waals surface area contributed by atoms with E-state index >= 15 is 0 Å². The summed E-state index contributed by atoms with van der Waals surface area (Å²) in [5, 5.41) is 0. The average molecular weight is 371 g/mol. The van der Waals surface area contributed by atoms with Crippen molar-refractivity contribution in [1.82, 2.24) is 0 Å². The van der Waals surface area contributed by atoms with E-state index in [1.165, 1.54) is 36.4 Å². The van der Waals surface area contributed by atoms with E-state index < -0.39 is 15.7 Å². The van der Waals surface area contributed by atoms with Crippen LogP contribution in [-0.4, -0.2) is 20.5 Å². The van der Waals surface area contributed by atoms with Gasteiger partial charge in [-0.15, -0.1) is 0 Å². The van der Waals surface area contributed by atoms with Crippen LogP contribution in [0.4, 0.5) is 4.39 Å². The van der Waals surface area contributed by atoms with E-state index in [2.05, 4.69) is 15.9 Å². The summed E-state index contributed by atoms with van der Waals surface area (Å²) in [6, 6.07) is 9.94. The second kappa shape index (κ2) is 6.07. The van der Waals surface area contributed by atoms with Crippen molar-refractivity contribution in [2.45, 2.75) is 11.3 Å². The zero-order valence-electron chi connectivity index (χ0n) is 11.1. The van der Waals surface area contributed by atoms with Crippen molar-refractivity contribution < 1.29 is 17.6 Å². The van der Waals surface area contributed by atoms with Gasteiger partial charge < -0.3 is 0 Å². The quantitative estimate of drug-likeness (QED) is 0.774. The molecule has 0 amide bonds. The van der Waals surface area contributed by atoms with Crippen molar-refractivity contribution in [3.8, 4) is 0 Å². The maximum absolute atomic E-state index is 13.2. The third-order valence-corrected chi connectivity index (χ3v) is 4.83. The van der Waals surface area contributed by atoms with Crippen LogP contribution in [0.2, 0.25) is 0 Å². The van der Waals surface area contributed by atoms with Gasteiger partial charge in [-0.25, -0.2) is 12.8 Å². The van der Waals surface area contributed by atoms with Crippen LogP contribution in [0.3, 0.4) is 0 Å². The first-order valence-corrected chi connectivity index (χ1v) is 8.73. The second-order valence-corrected chi connectivity index (χ2v) is 7.51. The number of benzene rings is 2. The van der Waals surface area contributed by atoms with Crippen LogP contribution in [0.1, 0.15) is 15.9 Å².